The Labute approximate surface area is 280 Å². The van der Waals surface area contributed by atoms with Gasteiger partial charge in [0.05, 0.1) is 11.6 Å². The molecule has 1 fully saturated rings. The summed E-state index contributed by atoms with van der Waals surface area (Å²) in [5.41, 5.74) is 11.3. The van der Waals surface area contributed by atoms with Gasteiger partial charge in [-0.3, -0.25) is 0 Å². The molecule has 1 heterocycles. The Hall–Kier alpha value is -5.92. The van der Waals surface area contributed by atoms with E-state index in [1.807, 2.05) is 36.4 Å². The Morgan fingerprint density at radius 2 is 1.02 bits per heavy atom. The van der Waals surface area contributed by atoms with E-state index in [-0.39, 0.29) is 5.41 Å². The molecule has 1 saturated carbocycles. The topological polar surface area (TPSA) is 62.5 Å². The lowest BCUT2D eigenvalue weighted by atomic mass is 9.67. The fourth-order valence-electron chi connectivity index (χ4n) is 7.93. The van der Waals surface area contributed by atoms with Crippen LogP contribution in [0.2, 0.25) is 0 Å². The predicted octanol–water partition coefficient (Wildman–Crippen LogP) is 10.8. The Bertz CT molecular complexity index is 2380. The summed E-state index contributed by atoms with van der Waals surface area (Å²) in [6.45, 7) is 0. The average Bonchev–Trinajstić information content (AvgIpc) is 3.42. The van der Waals surface area contributed by atoms with Crippen LogP contribution in [0, 0.1) is 11.3 Å². The van der Waals surface area contributed by atoms with Crippen molar-refractivity contribution in [1.29, 1.82) is 5.26 Å². The molecule has 0 bridgehead atoms. The van der Waals surface area contributed by atoms with E-state index < -0.39 is 0 Å². The minimum Gasteiger partial charge on any atom is -0.208 e. The third kappa shape index (κ3) is 4.70. The number of rotatable bonds is 4. The first kappa shape index (κ1) is 28.3. The highest BCUT2D eigenvalue weighted by Gasteiger charge is 2.44. The van der Waals surface area contributed by atoms with Gasteiger partial charge in [-0.25, -0.2) is 15.0 Å². The number of fused-ring (bicyclic) bond motifs is 6. The van der Waals surface area contributed by atoms with Crippen molar-refractivity contribution in [3.8, 4) is 62.5 Å². The molecule has 0 atom stereocenters. The first-order valence-corrected chi connectivity index (χ1v) is 16.8. The number of hydrogen-bond donors (Lipinski definition) is 0. The summed E-state index contributed by atoms with van der Waals surface area (Å²) in [6, 6.07) is 49.1. The van der Waals surface area contributed by atoms with Gasteiger partial charge in [-0.2, -0.15) is 5.26 Å². The molecule has 7 aromatic rings. The van der Waals surface area contributed by atoms with E-state index in [9.17, 15) is 5.26 Å². The second-order valence-corrected chi connectivity index (χ2v) is 13.1. The van der Waals surface area contributed by atoms with Crippen LogP contribution in [-0.4, -0.2) is 15.0 Å². The molecule has 1 spiro atoms. The van der Waals surface area contributed by atoms with Crippen LogP contribution in [0.3, 0.4) is 0 Å². The quantitative estimate of drug-likeness (QED) is 0.197. The van der Waals surface area contributed by atoms with E-state index in [1.54, 1.807) is 0 Å². The minimum atomic E-state index is -0.0103. The van der Waals surface area contributed by atoms with Gasteiger partial charge < -0.3 is 0 Å². The van der Waals surface area contributed by atoms with Crippen molar-refractivity contribution in [2.75, 3.05) is 0 Å². The van der Waals surface area contributed by atoms with Gasteiger partial charge in [-0.15, -0.1) is 0 Å². The highest BCUT2D eigenvalue weighted by Crippen LogP contribution is 2.56. The standard InChI is InChI=1S/C44H32N4/c45-28-29-13-21-37-38-22-20-35(27-40(38)44(39(37)25-29)23-7-2-8-24-44)31-14-17-33(18-15-31)42-46-41(32-10-3-1-4-11-32)47-43(48-42)36-19-16-30-9-5-6-12-34(30)26-36/h1,3-6,9-22,25-27H,2,7-8,23-24H2. The van der Waals surface area contributed by atoms with Gasteiger partial charge in [0, 0.05) is 22.1 Å². The Balaban J connectivity index is 1.11. The van der Waals surface area contributed by atoms with E-state index in [0.29, 0.717) is 17.5 Å². The lowest BCUT2D eigenvalue weighted by Gasteiger charge is -2.36. The summed E-state index contributed by atoms with van der Waals surface area (Å²) >= 11 is 0. The zero-order valence-corrected chi connectivity index (χ0v) is 26.5. The lowest BCUT2D eigenvalue weighted by Crippen LogP contribution is -2.28. The number of benzene rings is 6. The fourth-order valence-corrected chi connectivity index (χ4v) is 7.93. The molecule has 0 saturated heterocycles. The molecule has 48 heavy (non-hydrogen) atoms. The third-order valence-corrected chi connectivity index (χ3v) is 10.3. The molecule has 0 N–H and O–H groups in total. The third-order valence-electron chi connectivity index (χ3n) is 10.3. The van der Waals surface area contributed by atoms with Crippen molar-refractivity contribution in [2.24, 2.45) is 0 Å². The van der Waals surface area contributed by atoms with Gasteiger partial charge in [0.2, 0.25) is 0 Å². The molecule has 0 radical (unpaired) electrons. The van der Waals surface area contributed by atoms with Crippen LogP contribution in [0.25, 0.3) is 67.2 Å². The van der Waals surface area contributed by atoms with Gasteiger partial charge in [0.15, 0.2) is 17.5 Å². The number of hydrogen-bond acceptors (Lipinski definition) is 4. The first-order valence-electron chi connectivity index (χ1n) is 16.8. The van der Waals surface area contributed by atoms with Crippen LogP contribution >= 0.6 is 0 Å². The van der Waals surface area contributed by atoms with Crippen molar-refractivity contribution in [3.63, 3.8) is 0 Å². The molecule has 1 aromatic heterocycles. The molecule has 2 aliphatic carbocycles. The van der Waals surface area contributed by atoms with E-state index in [1.165, 1.54) is 52.5 Å². The van der Waals surface area contributed by atoms with Gasteiger partial charge in [0.25, 0.3) is 0 Å². The molecule has 2 aliphatic rings. The van der Waals surface area contributed by atoms with Gasteiger partial charge in [0.1, 0.15) is 0 Å². The average molecular weight is 617 g/mol. The van der Waals surface area contributed by atoms with E-state index >= 15 is 0 Å². The number of aromatic nitrogens is 3. The zero-order chi connectivity index (χ0) is 32.1. The Morgan fingerprint density at radius 1 is 0.458 bits per heavy atom. The minimum absolute atomic E-state index is 0.0103. The molecule has 0 amide bonds. The summed E-state index contributed by atoms with van der Waals surface area (Å²) in [4.78, 5) is 14.9. The van der Waals surface area contributed by atoms with E-state index in [4.69, 9.17) is 15.0 Å². The maximum absolute atomic E-state index is 9.69. The SMILES string of the molecule is N#Cc1ccc2c(c1)C1(CCCCC1)c1cc(-c3ccc(-c4nc(-c5ccccc5)nc(-c5ccc6ccccc6c5)n4)cc3)ccc1-2. The molecular formula is C44H32N4. The number of nitrogens with zero attached hydrogens (tertiary/aromatic N) is 4. The van der Waals surface area contributed by atoms with Gasteiger partial charge in [-0.1, -0.05) is 128 Å². The normalized spacial score (nSPS) is 14.4. The summed E-state index contributed by atoms with van der Waals surface area (Å²) in [6.07, 6.45) is 5.97. The van der Waals surface area contributed by atoms with Gasteiger partial charge in [-0.05, 0) is 81.3 Å². The maximum Gasteiger partial charge on any atom is 0.164 e. The molecule has 4 heteroatoms. The molecule has 0 unspecified atom stereocenters. The van der Waals surface area contributed by atoms with Crippen molar-refractivity contribution < 1.29 is 0 Å². The highest BCUT2D eigenvalue weighted by molar-refractivity contribution is 5.87. The van der Waals surface area contributed by atoms with Crippen molar-refractivity contribution in [1.82, 2.24) is 15.0 Å². The second kappa shape index (κ2) is 11.4. The van der Waals surface area contributed by atoms with E-state index in [2.05, 4.69) is 103 Å². The maximum atomic E-state index is 9.69. The first-order chi connectivity index (χ1) is 23.7. The Morgan fingerprint density at radius 3 is 1.75 bits per heavy atom. The van der Waals surface area contributed by atoms with Crippen LogP contribution in [0.5, 0.6) is 0 Å². The molecule has 6 aromatic carbocycles. The Kier molecular flexibility index (Phi) is 6.73. The zero-order valence-electron chi connectivity index (χ0n) is 26.5. The van der Waals surface area contributed by atoms with Crippen LogP contribution in [-0.2, 0) is 5.41 Å². The number of nitriles is 1. The van der Waals surface area contributed by atoms with Crippen LogP contribution < -0.4 is 0 Å². The lowest BCUT2D eigenvalue weighted by molar-refractivity contribution is 0.353. The van der Waals surface area contributed by atoms with Gasteiger partial charge >= 0.3 is 0 Å². The van der Waals surface area contributed by atoms with Crippen LogP contribution in [0.15, 0.2) is 133 Å². The molecule has 228 valence electrons. The molecule has 9 rings (SSSR count). The van der Waals surface area contributed by atoms with E-state index in [0.717, 1.165) is 46.0 Å². The molecular weight excluding hydrogens is 585 g/mol. The highest BCUT2D eigenvalue weighted by atomic mass is 15.0. The monoisotopic (exact) mass is 616 g/mol. The van der Waals surface area contributed by atoms with Crippen molar-refractivity contribution >= 4 is 10.8 Å². The molecule has 0 aliphatic heterocycles. The summed E-state index contributed by atoms with van der Waals surface area (Å²) in [7, 11) is 0. The summed E-state index contributed by atoms with van der Waals surface area (Å²) < 4.78 is 0. The summed E-state index contributed by atoms with van der Waals surface area (Å²) in [5, 5.41) is 12.0. The fraction of sp³-hybridized carbons (Fsp3) is 0.136. The smallest absolute Gasteiger partial charge is 0.164 e. The predicted molar refractivity (Wildman–Crippen MR) is 193 cm³/mol. The largest absolute Gasteiger partial charge is 0.208 e. The van der Waals surface area contributed by atoms with Crippen molar-refractivity contribution in [3.05, 3.63) is 150 Å². The molecule has 4 nitrogen and oxygen atoms in total. The van der Waals surface area contributed by atoms with Crippen LogP contribution in [0.1, 0.15) is 48.8 Å². The van der Waals surface area contributed by atoms with Crippen molar-refractivity contribution in [2.45, 2.75) is 37.5 Å². The van der Waals surface area contributed by atoms with Crippen LogP contribution in [0.4, 0.5) is 0 Å². The second-order valence-electron chi connectivity index (χ2n) is 13.1. The summed E-state index contributed by atoms with van der Waals surface area (Å²) in [5.74, 6) is 1.96.